The van der Waals surface area contributed by atoms with Crippen LogP contribution in [0.1, 0.15) is 44.1 Å². The fraction of sp³-hybridized carbons (Fsp3) is 0.667. The van der Waals surface area contributed by atoms with E-state index >= 15 is 0 Å². The Morgan fingerprint density at radius 1 is 1.27 bits per heavy atom. The minimum Gasteiger partial charge on any atom is -0.461 e. The molecule has 1 N–H and O–H groups in total. The summed E-state index contributed by atoms with van der Waals surface area (Å²) in [7, 11) is 2.36. The Morgan fingerprint density at radius 3 is 2.50 bits per heavy atom. The molecule has 3 fully saturated rings. The fourth-order valence-corrected chi connectivity index (χ4v) is 5.23. The van der Waals surface area contributed by atoms with Crippen LogP contribution in [0.15, 0.2) is 30.3 Å². The average Bonchev–Trinajstić information content (AvgIpc) is 3.40. The highest BCUT2D eigenvalue weighted by molar-refractivity contribution is 5.78. The van der Waals surface area contributed by atoms with E-state index in [0.29, 0.717) is 24.3 Å². The highest BCUT2D eigenvalue weighted by Gasteiger charge is 2.71. The lowest BCUT2D eigenvalue weighted by molar-refractivity contribution is -0.956. The number of unbranched alkanes of at least 4 members (excludes halogenated alkanes) is 1. The summed E-state index contributed by atoms with van der Waals surface area (Å²) in [6, 6.07) is 10.3. The smallest absolute Gasteiger partial charge is 0.316 e. The lowest BCUT2D eigenvalue weighted by atomic mass is 9.94. The monoisotopic (exact) mass is 360 g/mol. The van der Waals surface area contributed by atoms with Gasteiger partial charge in [-0.1, -0.05) is 43.7 Å². The molecule has 1 aromatic rings. The van der Waals surface area contributed by atoms with Crippen molar-refractivity contribution in [2.75, 3.05) is 20.2 Å². The van der Waals surface area contributed by atoms with E-state index in [2.05, 4.69) is 14.0 Å². The van der Waals surface area contributed by atoms with Gasteiger partial charge in [0.2, 0.25) is 0 Å². The van der Waals surface area contributed by atoms with Crippen LogP contribution in [0.3, 0.4) is 0 Å². The van der Waals surface area contributed by atoms with Gasteiger partial charge in [-0.25, -0.2) is 0 Å². The number of esters is 1. The maximum atomic E-state index is 12.7. The highest BCUT2D eigenvalue weighted by Crippen LogP contribution is 2.52. The Hall–Kier alpha value is -1.43. The first-order chi connectivity index (χ1) is 12.6. The number of hydrogen-bond donors (Lipinski definition) is 1. The van der Waals surface area contributed by atoms with Crippen molar-refractivity contribution in [2.24, 2.45) is 0 Å². The van der Waals surface area contributed by atoms with Crippen LogP contribution in [-0.4, -0.2) is 66.2 Å². The van der Waals surface area contributed by atoms with Crippen molar-refractivity contribution in [3.05, 3.63) is 35.9 Å². The van der Waals surface area contributed by atoms with Gasteiger partial charge in [-0.15, -0.1) is 0 Å². The zero-order chi connectivity index (χ0) is 18.3. The minimum absolute atomic E-state index is 0.0560. The van der Waals surface area contributed by atoms with Crippen molar-refractivity contribution in [1.29, 1.82) is 0 Å². The standard InChI is InChI=1S/C21H30NO4/c1-3-4-10-22(2)17-11-15(12-18(22)20-19(17)26-20)25-21(24)16(13-23)14-8-6-5-7-9-14/h5-9,15-20,23H,3-4,10-13H2,1-2H3/q+1/t15?,16-,17-,18+,19+,20+,22?/m0/s1. The Balaban J connectivity index is 1.42. The second-order valence-corrected chi connectivity index (χ2v) is 8.30. The number of ether oxygens (including phenoxy) is 2. The SMILES string of the molecule is CCCC[N+]1(C)[C@@H]2CC(OC(=O)[C@@H](CO)c3ccccc3)C[C@H]1[C@H]1O[C@@H]12. The molecule has 0 saturated carbocycles. The van der Waals surface area contributed by atoms with Crippen molar-refractivity contribution >= 4 is 5.97 Å². The van der Waals surface area contributed by atoms with Gasteiger partial charge >= 0.3 is 5.97 Å². The van der Waals surface area contributed by atoms with Gasteiger partial charge in [-0.05, 0) is 12.0 Å². The molecule has 5 heteroatoms. The number of carbonyl (C=O) groups is 1. The molecular weight excluding hydrogens is 330 g/mol. The van der Waals surface area contributed by atoms with Gasteiger partial charge < -0.3 is 19.1 Å². The number of nitrogens with zero attached hydrogens (tertiary/aromatic N) is 1. The first-order valence-electron chi connectivity index (χ1n) is 9.95. The lowest BCUT2D eigenvalue weighted by Crippen LogP contribution is -2.62. The molecule has 3 aliphatic rings. The minimum atomic E-state index is -0.595. The molecule has 5 nitrogen and oxygen atoms in total. The average molecular weight is 360 g/mol. The number of aliphatic hydroxyl groups excluding tert-OH is 1. The summed E-state index contributed by atoms with van der Waals surface area (Å²) in [5, 5.41) is 9.70. The second kappa shape index (κ2) is 6.95. The van der Waals surface area contributed by atoms with Crippen LogP contribution in [0.2, 0.25) is 0 Å². The van der Waals surface area contributed by atoms with Crippen molar-refractivity contribution in [1.82, 2.24) is 0 Å². The number of morpholine rings is 1. The van der Waals surface area contributed by atoms with Gasteiger partial charge in [0.25, 0.3) is 0 Å². The molecule has 2 unspecified atom stereocenters. The third-order valence-electron chi connectivity index (χ3n) is 6.79. The third kappa shape index (κ3) is 2.96. The third-order valence-corrected chi connectivity index (χ3v) is 6.79. The topological polar surface area (TPSA) is 59.1 Å². The predicted octanol–water partition coefficient (Wildman–Crippen LogP) is 2.23. The van der Waals surface area contributed by atoms with Crippen LogP contribution in [0.5, 0.6) is 0 Å². The lowest BCUT2D eigenvalue weighted by Gasteiger charge is -2.48. The van der Waals surface area contributed by atoms with E-state index in [1.165, 1.54) is 19.4 Å². The van der Waals surface area contributed by atoms with Crippen LogP contribution in [0.4, 0.5) is 0 Å². The molecule has 1 aromatic carbocycles. The number of aliphatic hydroxyl groups is 1. The molecule has 142 valence electrons. The van der Waals surface area contributed by atoms with Gasteiger partial charge in [-0.3, -0.25) is 4.79 Å². The fourth-order valence-electron chi connectivity index (χ4n) is 5.23. The number of rotatable bonds is 7. The molecule has 0 aliphatic carbocycles. The zero-order valence-corrected chi connectivity index (χ0v) is 15.7. The van der Waals surface area contributed by atoms with E-state index in [9.17, 15) is 9.90 Å². The summed E-state index contributed by atoms with van der Waals surface area (Å²) in [6.07, 6.45) is 4.83. The van der Waals surface area contributed by atoms with Crippen LogP contribution in [-0.2, 0) is 14.3 Å². The molecule has 7 atom stereocenters. The molecule has 3 saturated heterocycles. The van der Waals surface area contributed by atoms with Crippen molar-refractivity contribution in [2.45, 2.75) is 68.9 Å². The Labute approximate surface area is 155 Å². The van der Waals surface area contributed by atoms with Gasteiger partial charge in [0.15, 0.2) is 0 Å². The van der Waals surface area contributed by atoms with E-state index in [1.807, 2.05) is 30.3 Å². The summed E-state index contributed by atoms with van der Waals surface area (Å²) in [5.41, 5.74) is 0.813. The largest absolute Gasteiger partial charge is 0.461 e. The molecule has 0 spiro atoms. The quantitative estimate of drug-likeness (QED) is 0.460. The number of benzene rings is 1. The van der Waals surface area contributed by atoms with Crippen LogP contribution < -0.4 is 0 Å². The van der Waals surface area contributed by atoms with E-state index < -0.39 is 5.92 Å². The van der Waals surface area contributed by atoms with Gasteiger partial charge in [-0.2, -0.15) is 0 Å². The normalized spacial score (nSPS) is 38.5. The summed E-state index contributed by atoms with van der Waals surface area (Å²) in [6.45, 7) is 3.20. The number of piperidine rings is 1. The first kappa shape index (κ1) is 18.0. The van der Waals surface area contributed by atoms with Gasteiger partial charge in [0, 0.05) is 12.8 Å². The maximum absolute atomic E-state index is 12.7. The summed E-state index contributed by atoms with van der Waals surface area (Å²) < 4.78 is 12.9. The molecule has 3 heterocycles. The van der Waals surface area contributed by atoms with Crippen LogP contribution >= 0.6 is 0 Å². The van der Waals surface area contributed by atoms with E-state index in [1.54, 1.807) is 0 Å². The Morgan fingerprint density at radius 2 is 1.92 bits per heavy atom. The number of epoxide rings is 1. The van der Waals surface area contributed by atoms with Crippen molar-refractivity contribution < 1.29 is 23.9 Å². The molecule has 3 aliphatic heterocycles. The summed E-state index contributed by atoms with van der Waals surface area (Å²) >= 11 is 0. The Kier molecular flexibility index (Phi) is 4.80. The number of hydrogen-bond acceptors (Lipinski definition) is 4. The van der Waals surface area contributed by atoms with Crippen molar-refractivity contribution in [3.63, 3.8) is 0 Å². The van der Waals surface area contributed by atoms with E-state index in [4.69, 9.17) is 9.47 Å². The number of fused-ring (bicyclic) bond motifs is 5. The van der Waals surface area contributed by atoms with Crippen molar-refractivity contribution in [3.8, 4) is 0 Å². The molecular formula is C21H30NO4+. The zero-order valence-electron chi connectivity index (χ0n) is 15.7. The number of quaternary nitrogens is 1. The summed E-state index contributed by atoms with van der Waals surface area (Å²) in [5.74, 6) is -0.898. The molecule has 26 heavy (non-hydrogen) atoms. The van der Waals surface area contributed by atoms with E-state index in [-0.39, 0.29) is 18.7 Å². The Bertz CT molecular complexity index is 631. The van der Waals surface area contributed by atoms with Crippen LogP contribution in [0, 0.1) is 0 Å². The molecule has 0 radical (unpaired) electrons. The molecule has 4 rings (SSSR count). The number of likely N-dealkylation sites (N-methyl/N-ethyl adjacent to an activating group) is 1. The van der Waals surface area contributed by atoms with Crippen LogP contribution in [0.25, 0.3) is 0 Å². The first-order valence-corrected chi connectivity index (χ1v) is 9.95. The highest BCUT2D eigenvalue weighted by atomic mass is 16.6. The molecule has 0 amide bonds. The second-order valence-electron chi connectivity index (χ2n) is 8.30. The molecule has 2 bridgehead atoms. The predicted molar refractivity (Wildman–Crippen MR) is 97.6 cm³/mol. The maximum Gasteiger partial charge on any atom is 0.316 e. The molecule has 0 aromatic heterocycles. The summed E-state index contributed by atoms with van der Waals surface area (Å²) in [4.78, 5) is 12.7. The van der Waals surface area contributed by atoms with E-state index in [0.717, 1.165) is 22.9 Å². The van der Waals surface area contributed by atoms with Gasteiger partial charge in [0.05, 0.1) is 20.2 Å². The number of carbonyl (C=O) groups excluding carboxylic acids is 1. The van der Waals surface area contributed by atoms with Gasteiger partial charge in [0.1, 0.15) is 36.3 Å².